The molecule has 1 amide bonds. The monoisotopic (exact) mass is 481 g/mol. The number of nitrogens with one attached hydrogen (secondary N) is 1. The molecule has 3 aromatic rings. The van der Waals surface area contributed by atoms with Crippen LogP contribution in [0.2, 0.25) is 0 Å². The van der Waals surface area contributed by atoms with Crippen molar-refractivity contribution in [3.63, 3.8) is 0 Å². The Morgan fingerprint density at radius 1 is 0.971 bits per heavy atom. The molecular formula is C28H30F3N3O. The first-order chi connectivity index (χ1) is 16.8. The number of aromatic nitrogens is 1. The Hall–Kier alpha value is -3.06. The normalized spacial score (nSPS) is 21.1. The minimum absolute atomic E-state index is 0.167. The van der Waals surface area contributed by atoms with E-state index in [0.29, 0.717) is 23.9 Å². The number of hydrogen-bond donors (Lipinski definition) is 1. The summed E-state index contributed by atoms with van der Waals surface area (Å²) in [4.78, 5) is 14.9. The maximum atomic E-state index is 12.8. The number of alkyl halides is 3. The van der Waals surface area contributed by atoms with Gasteiger partial charge in [0.1, 0.15) is 0 Å². The van der Waals surface area contributed by atoms with Crippen molar-refractivity contribution >= 4 is 5.91 Å². The second kappa shape index (κ2) is 9.90. The number of carbonyl (C=O) groups excluding carboxylic acids is 1. The van der Waals surface area contributed by atoms with Gasteiger partial charge in [-0.15, -0.1) is 0 Å². The lowest BCUT2D eigenvalue weighted by molar-refractivity contribution is -0.137. The number of amides is 1. The third-order valence-corrected chi connectivity index (χ3v) is 7.20. The van der Waals surface area contributed by atoms with Gasteiger partial charge in [0.2, 0.25) is 5.91 Å². The highest BCUT2D eigenvalue weighted by atomic mass is 19.4. The Bertz CT molecular complexity index is 1130. The van der Waals surface area contributed by atoms with Crippen LogP contribution in [-0.2, 0) is 17.5 Å². The van der Waals surface area contributed by atoms with Crippen LogP contribution in [0.4, 0.5) is 13.2 Å². The molecule has 0 bridgehead atoms. The molecule has 0 unspecified atom stereocenters. The molecular weight excluding hydrogens is 451 g/mol. The average molecular weight is 482 g/mol. The highest BCUT2D eigenvalue weighted by Gasteiger charge is 2.39. The Balaban J connectivity index is 1.05. The lowest BCUT2D eigenvalue weighted by atomic mass is 9.93. The van der Waals surface area contributed by atoms with Crippen LogP contribution in [0.25, 0.3) is 5.69 Å². The van der Waals surface area contributed by atoms with Crippen molar-refractivity contribution in [1.29, 1.82) is 0 Å². The van der Waals surface area contributed by atoms with E-state index in [2.05, 4.69) is 22.3 Å². The predicted octanol–water partition coefficient (Wildman–Crippen LogP) is 5.77. The van der Waals surface area contributed by atoms with Gasteiger partial charge in [0.05, 0.1) is 5.56 Å². The van der Waals surface area contributed by atoms with Crippen molar-refractivity contribution in [2.24, 2.45) is 5.92 Å². The van der Waals surface area contributed by atoms with Gasteiger partial charge >= 0.3 is 6.18 Å². The number of likely N-dealkylation sites (tertiary alicyclic amines) is 1. The molecule has 5 rings (SSSR count). The van der Waals surface area contributed by atoms with Gasteiger partial charge in [0, 0.05) is 43.0 Å². The zero-order valence-electron chi connectivity index (χ0n) is 19.5. The SMILES string of the molecule is O=C(CC1CCN(Cc2ccn(-c3ccc(C(F)(F)F)cc3)c2)CC1)N[C@@H]1C[C@H]1c1ccccc1. The lowest BCUT2D eigenvalue weighted by Gasteiger charge is -2.31. The van der Waals surface area contributed by atoms with Crippen LogP contribution >= 0.6 is 0 Å². The number of hydrogen-bond acceptors (Lipinski definition) is 2. The van der Waals surface area contributed by atoms with Crippen LogP contribution in [0.15, 0.2) is 73.1 Å². The maximum absolute atomic E-state index is 12.8. The van der Waals surface area contributed by atoms with Gasteiger partial charge in [-0.2, -0.15) is 13.2 Å². The van der Waals surface area contributed by atoms with Crippen molar-refractivity contribution in [3.8, 4) is 5.69 Å². The van der Waals surface area contributed by atoms with Crippen LogP contribution < -0.4 is 5.32 Å². The molecule has 0 spiro atoms. The summed E-state index contributed by atoms with van der Waals surface area (Å²) in [5.41, 5.74) is 2.50. The quantitative estimate of drug-likeness (QED) is 0.465. The van der Waals surface area contributed by atoms with E-state index >= 15 is 0 Å². The zero-order chi connectivity index (χ0) is 24.4. The summed E-state index contributed by atoms with van der Waals surface area (Å²) in [7, 11) is 0. The minimum Gasteiger partial charge on any atom is -0.353 e. The Labute approximate surface area is 203 Å². The standard InChI is InChI=1S/C28H30F3N3O/c29-28(30,31)23-6-8-24(9-7-23)34-15-12-21(19-34)18-33-13-10-20(11-14-33)16-27(35)32-26-17-25(26)22-4-2-1-3-5-22/h1-9,12,15,19-20,25-26H,10-11,13-14,16-18H2,(H,32,35)/t25-,26+/m0/s1. The highest BCUT2D eigenvalue weighted by Crippen LogP contribution is 2.40. The summed E-state index contributed by atoms with van der Waals surface area (Å²) < 4.78 is 40.2. The fourth-order valence-corrected chi connectivity index (χ4v) is 5.08. The van der Waals surface area contributed by atoms with E-state index in [4.69, 9.17) is 0 Å². The molecule has 1 aliphatic carbocycles. The van der Waals surface area contributed by atoms with Crippen LogP contribution in [-0.4, -0.2) is 34.5 Å². The van der Waals surface area contributed by atoms with Gasteiger partial charge in [0.25, 0.3) is 0 Å². The predicted molar refractivity (Wildman–Crippen MR) is 129 cm³/mol. The molecule has 1 aliphatic heterocycles. The van der Waals surface area contributed by atoms with Crippen molar-refractivity contribution in [2.45, 2.75) is 50.4 Å². The molecule has 2 heterocycles. The fraction of sp³-hybridized carbons (Fsp3) is 0.393. The van der Waals surface area contributed by atoms with Gasteiger partial charge in [-0.25, -0.2) is 0 Å². The lowest BCUT2D eigenvalue weighted by Crippen LogP contribution is -2.36. The largest absolute Gasteiger partial charge is 0.416 e. The van der Waals surface area contributed by atoms with E-state index < -0.39 is 11.7 Å². The molecule has 4 nitrogen and oxygen atoms in total. The molecule has 7 heteroatoms. The first kappa shape index (κ1) is 23.7. The number of halogens is 3. The zero-order valence-corrected chi connectivity index (χ0v) is 19.5. The van der Waals surface area contributed by atoms with Crippen LogP contribution in [0.1, 0.15) is 48.3 Å². The average Bonchev–Trinajstić information content (AvgIpc) is 3.45. The van der Waals surface area contributed by atoms with Crippen LogP contribution in [0, 0.1) is 5.92 Å². The summed E-state index contributed by atoms with van der Waals surface area (Å²) in [6.45, 7) is 2.69. The number of benzene rings is 2. The van der Waals surface area contributed by atoms with E-state index in [-0.39, 0.29) is 11.9 Å². The summed E-state index contributed by atoms with van der Waals surface area (Å²) in [5.74, 6) is 1.04. The van der Waals surface area contributed by atoms with Crippen LogP contribution in [0.5, 0.6) is 0 Å². The topological polar surface area (TPSA) is 37.3 Å². The molecule has 2 atom stereocenters. The highest BCUT2D eigenvalue weighted by molar-refractivity contribution is 5.77. The molecule has 1 aromatic heterocycles. The van der Waals surface area contributed by atoms with E-state index in [1.54, 1.807) is 0 Å². The maximum Gasteiger partial charge on any atom is 0.416 e. The van der Waals surface area contributed by atoms with Crippen molar-refractivity contribution in [3.05, 3.63) is 89.7 Å². The molecule has 2 aromatic carbocycles. The van der Waals surface area contributed by atoms with Crippen molar-refractivity contribution in [1.82, 2.24) is 14.8 Å². The molecule has 1 N–H and O–H groups in total. The van der Waals surface area contributed by atoms with E-state index in [0.717, 1.165) is 56.6 Å². The molecule has 35 heavy (non-hydrogen) atoms. The molecule has 2 fully saturated rings. The summed E-state index contributed by atoms with van der Waals surface area (Å²) in [6, 6.07) is 17.9. The third kappa shape index (κ3) is 5.96. The molecule has 1 saturated carbocycles. The third-order valence-electron chi connectivity index (χ3n) is 7.20. The number of rotatable bonds is 7. The summed E-state index contributed by atoms with van der Waals surface area (Å²) in [6.07, 6.45) is 3.16. The van der Waals surface area contributed by atoms with E-state index in [1.165, 1.54) is 17.7 Å². The summed E-state index contributed by atoms with van der Waals surface area (Å²) >= 11 is 0. The smallest absolute Gasteiger partial charge is 0.353 e. The molecule has 2 aliphatic rings. The second-order valence-corrected chi connectivity index (χ2v) is 9.82. The Morgan fingerprint density at radius 2 is 1.69 bits per heavy atom. The molecule has 1 saturated heterocycles. The van der Waals surface area contributed by atoms with Crippen molar-refractivity contribution in [2.75, 3.05) is 13.1 Å². The first-order valence-electron chi connectivity index (χ1n) is 12.3. The van der Waals surface area contributed by atoms with Gasteiger partial charge in [-0.3, -0.25) is 9.69 Å². The fourth-order valence-electron chi connectivity index (χ4n) is 5.08. The number of nitrogens with zero attached hydrogens (tertiary/aromatic N) is 2. The molecule has 0 radical (unpaired) electrons. The number of carbonyl (C=O) groups is 1. The first-order valence-corrected chi connectivity index (χ1v) is 12.3. The van der Waals surface area contributed by atoms with E-state index in [1.807, 2.05) is 41.2 Å². The molecule has 184 valence electrons. The summed E-state index contributed by atoms with van der Waals surface area (Å²) in [5, 5.41) is 3.21. The van der Waals surface area contributed by atoms with Crippen LogP contribution in [0.3, 0.4) is 0 Å². The number of piperidine rings is 1. The minimum atomic E-state index is -4.32. The van der Waals surface area contributed by atoms with Gasteiger partial charge in [-0.1, -0.05) is 30.3 Å². The van der Waals surface area contributed by atoms with Gasteiger partial charge in [-0.05, 0) is 79.7 Å². The second-order valence-electron chi connectivity index (χ2n) is 9.82. The van der Waals surface area contributed by atoms with Gasteiger partial charge < -0.3 is 9.88 Å². The van der Waals surface area contributed by atoms with Gasteiger partial charge in [0.15, 0.2) is 0 Å². The van der Waals surface area contributed by atoms with E-state index in [9.17, 15) is 18.0 Å². The Morgan fingerprint density at radius 3 is 2.37 bits per heavy atom. The Kier molecular flexibility index (Phi) is 6.69. The van der Waals surface area contributed by atoms with Crippen molar-refractivity contribution < 1.29 is 18.0 Å².